The second-order valence-corrected chi connectivity index (χ2v) is 2.87. The Hall–Kier alpha value is -1.96. The number of methoxy groups -OCH3 is 1. The fourth-order valence-corrected chi connectivity index (χ4v) is 1.11. The first kappa shape index (κ1) is 12.1. The van der Waals surface area contributed by atoms with E-state index >= 15 is 0 Å². The van der Waals surface area contributed by atoms with Crippen LogP contribution >= 0.6 is 0 Å². The molecular formula is C8H13N5O3. The molecule has 0 aromatic carbocycles. The predicted octanol–water partition coefficient (Wildman–Crippen LogP) is 0.0247. The molecule has 88 valence electrons. The number of likely N-dealkylation sites (N-methyl/N-ethyl adjacent to an activating group) is 1. The number of anilines is 1. The highest BCUT2D eigenvalue weighted by Crippen LogP contribution is 2.29. The SMILES string of the molecule is CNCCNc1ncnc(OC)c1[N+](=O)[O-]. The summed E-state index contributed by atoms with van der Waals surface area (Å²) in [6.45, 7) is 1.20. The zero-order valence-corrected chi connectivity index (χ0v) is 9.06. The molecule has 0 radical (unpaired) electrons. The first-order valence-corrected chi connectivity index (χ1v) is 4.62. The van der Waals surface area contributed by atoms with E-state index in [9.17, 15) is 10.1 Å². The third kappa shape index (κ3) is 2.76. The predicted molar refractivity (Wildman–Crippen MR) is 57.7 cm³/mol. The Balaban J connectivity index is 2.93. The molecule has 0 amide bonds. The molecule has 0 aliphatic rings. The maximum absolute atomic E-state index is 10.8. The summed E-state index contributed by atoms with van der Waals surface area (Å²) in [6, 6.07) is 0. The van der Waals surface area contributed by atoms with Gasteiger partial charge < -0.3 is 15.4 Å². The van der Waals surface area contributed by atoms with Gasteiger partial charge in [-0.25, -0.2) is 4.98 Å². The molecule has 16 heavy (non-hydrogen) atoms. The van der Waals surface area contributed by atoms with Gasteiger partial charge in [0, 0.05) is 13.1 Å². The number of nitrogens with zero attached hydrogens (tertiary/aromatic N) is 3. The first-order chi connectivity index (χ1) is 7.70. The van der Waals surface area contributed by atoms with E-state index in [2.05, 4.69) is 20.6 Å². The summed E-state index contributed by atoms with van der Waals surface area (Å²) in [5.41, 5.74) is -0.249. The number of hydrogen-bond acceptors (Lipinski definition) is 7. The molecule has 1 rings (SSSR count). The van der Waals surface area contributed by atoms with Crippen LogP contribution in [0.15, 0.2) is 6.33 Å². The summed E-state index contributed by atoms with van der Waals surface area (Å²) in [7, 11) is 3.11. The summed E-state index contributed by atoms with van der Waals surface area (Å²) < 4.78 is 4.81. The largest absolute Gasteiger partial charge is 0.476 e. The highest BCUT2D eigenvalue weighted by Gasteiger charge is 2.23. The van der Waals surface area contributed by atoms with Crippen molar-refractivity contribution >= 4 is 11.5 Å². The van der Waals surface area contributed by atoms with Crippen LogP contribution in [-0.2, 0) is 0 Å². The highest BCUT2D eigenvalue weighted by molar-refractivity contribution is 5.60. The lowest BCUT2D eigenvalue weighted by Crippen LogP contribution is -2.19. The normalized spacial score (nSPS) is 9.88. The highest BCUT2D eigenvalue weighted by atomic mass is 16.6. The van der Waals surface area contributed by atoms with Gasteiger partial charge in [-0.3, -0.25) is 10.1 Å². The van der Waals surface area contributed by atoms with Gasteiger partial charge in [-0.15, -0.1) is 0 Å². The minimum atomic E-state index is -0.569. The monoisotopic (exact) mass is 227 g/mol. The van der Waals surface area contributed by atoms with Crippen molar-refractivity contribution < 1.29 is 9.66 Å². The van der Waals surface area contributed by atoms with Gasteiger partial charge in [0.2, 0.25) is 5.82 Å². The molecule has 0 spiro atoms. The molecule has 8 nitrogen and oxygen atoms in total. The smallest absolute Gasteiger partial charge is 0.372 e. The van der Waals surface area contributed by atoms with Gasteiger partial charge in [0.25, 0.3) is 5.88 Å². The lowest BCUT2D eigenvalue weighted by Gasteiger charge is -2.06. The van der Waals surface area contributed by atoms with Crippen molar-refractivity contribution in [2.45, 2.75) is 0 Å². The van der Waals surface area contributed by atoms with Crippen LogP contribution in [0.25, 0.3) is 0 Å². The zero-order chi connectivity index (χ0) is 12.0. The van der Waals surface area contributed by atoms with E-state index in [1.165, 1.54) is 13.4 Å². The van der Waals surface area contributed by atoms with Gasteiger partial charge in [0.15, 0.2) is 0 Å². The van der Waals surface area contributed by atoms with Gasteiger partial charge in [0.1, 0.15) is 6.33 Å². The molecule has 8 heteroatoms. The van der Waals surface area contributed by atoms with Crippen LogP contribution in [0.3, 0.4) is 0 Å². The average molecular weight is 227 g/mol. The molecule has 0 saturated carbocycles. The lowest BCUT2D eigenvalue weighted by atomic mass is 10.4. The summed E-state index contributed by atoms with van der Waals surface area (Å²) in [4.78, 5) is 17.7. The topological polar surface area (TPSA) is 102 Å². The van der Waals surface area contributed by atoms with Crippen molar-refractivity contribution in [3.8, 4) is 5.88 Å². The standard InChI is InChI=1S/C8H13N5O3/c1-9-3-4-10-7-6(13(14)15)8(16-2)12-5-11-7/h5,9H,3-4H2,1-2H3,(H,10,11,12). The Labute approximate surface area is 92.2 Å². The quantitative estimate of drug-likeness (QED) is 0.401. The van der Waals surface area contributed by atoms with Crippen LogP contribution < -0.4 is 15.4 Å². The van der Waals surface area contributed by atoms with Gasteiger partial charge in [-0.05, 0) is 7.05 Å². The third-order valence-electron chi connectivity index (χ3n) is 1.83. The lowest BCUT2D eigenvalue weighted by molar-refractivity contribution is -0.385. The van der Waals surface area contributed by atoms with Gasteiger partial charge in [-0.2, -0.15) is 4.98 Å². The molecule has 0 aliphatic heterocycles. The van der Waals surface area contributed by atoms with Gasteiger partial charge in [-0.1, -0.05) is 0 Å². The molecule has 0 bridgehead atoms. The number of ether oxygens (including phenoxy) is 1. The van der Waals surface area contributed by atoms with E-state index < -0.39 is 4.92 Å². The van der Waals surface area contributed by atoms with E-state index in [0.717, 1.165) is 0 Å². The van der Waals surface area contributed by atoms with Gasteiger partial charge in [0.05, 0.1) is 12.0 Å². The number of rotatable bonds is 6. The summed E-state index contributed by atoms with van der Waals surface area (Å²) in [5.74, 6) is 0.110. The van der Waals surface area contributed by atoms with E-state index in [1.54, 1.807) is 7.05 Å². The molecule has 2 N–H and O–H groups in total. The molecule has 0 atom stereocenters. The minimum Gasteiger partial charge on any atom is -0.476 e. The van der Waals surface area contributed by atoms with E-state index in [1.807, 2.05) is 0 Å². The van der Waals surface area contributed by atoms with E-state index in [0.29, 0.717) is 13.1 Å². The average Bonchev–Trinajstić information content (AvgIpc) is 2.28. The second-order valence-electron chi connectivity index (χ2n) is 2.87. The first-order valence-electron chi connectivity index (χ1n) is 4.62. The molecule has 0 aliphatic carbocycles. The maximum atomic E-state index is 10.8. The van der Waals surface area contributed by atoms with Crippen molar-refractivity contribution in [1.29, 1.82) is 0 Å². The molecule has 1 aromatic heterocycles. The van der Waals surface area contributed by atoms with Crippen LogP contribution in [0.5, 0.6) is 5.88 Å². The number of hydrogen-bond donors (Lipinski definition) is 2. The molecule has 1 aromatic rings. The van der Waals surface area contributed by atoms with Crippen LogP contribution in [0.1, 0.15) is 0 Å². The van der Waals surface area contributed by atoms with Crippen LogP contribution in [0.2, 0.25) is 0 Å². The van der Waals surface area contributed by atoms with Crippen molar-refractivity contribution in [1.82, 2.24) is 15.3 Å². The minimum absolute atomic E-state index is 0.0491. The summed E-state index contributed by atoms with van der Waals surface area (Å²) in [5, 5.41) is 16.6. The van der Waals surface area contributed by atoms with Crippen molar-refractivity contribution in [3.63, 3.8) is 0 Å². The fourth-order valence-electron chi connectivity index (χ4n) is 1.11. The number of aromatic nitrogens is 2. The molecule has 0 fully saturated rings. The number of nitro groups is 1. The van der Waals surface area contributed by atoms with Crippen LogP contribution in [0, 0.1) is 10.1 Å². The Morgan fingerprint density at radius 3 is 2.81 bits per heavy atom. The zero-order valence-electron chi connectivity index (χ0n) is 9.06. The van der Waals surface area contributed by atoms with Crippen molar-refractivity contribution in [2.24, 2.45) is 0 Å². The van der Waals surface area contributed by atoms with Crippen molar-refractivity contribution in [3.05, 3.63) is 16.4 Å². The van der Waals surface area contributed by atoms with E-state index in [-0.39, 0.29) is 17.4 Å². The molecular weight excluding hydrogens is 214 g/mol. The Morgan fingerprint density at radius 1 is 1.50 bits per heavy atom. The van der Waals surface area contributed by atoms with E-state index in [4.69, 9.17) is 4.74 Å². The summed E-state index contributed by atoms with van der Waals surface area (Å²) >= 11 is 0. The van der Waals surface area contributed by atoms with Crippen LogP contribution in [0.4, 0.5) is 11.5 Å². The van der Waals surface area contributed by atoms with Crippen LogP contribution in [-0.4, -0.2) is 42.1 Å². The second kappa shape index (κ2) is 5.81. The summed E-state index contributed by atoms with van der Waals surface area (Å²) in [6.07, 6.45) is 1.22. The third-order valence-corrected chi connectivity index (χ3v) is 1.83. The Bertz CT molecular complexity index is 371. The maximum Gasteiger partial charge on any atom is 0.372 e. The number of nitrogens with one attached hydrogen (secondary N) is 2. The Morgan fingerprint density at radius 2 is 2.25 bits per heavy atom. The van der Waals surface area contributed by atoms with Crippen molar-refractivity contribution in [2.75, 3.05) is 32.6 Å². The molecule has 0 saturated heterocycles. The molecule has 0 unspecified atom stereocenters. The molecule has 1 heterocycles. The fraction of sp³-hybridized carbons (Fsp3) is 0.500. The Kier molecular flexibility index (Phi) is 4.40. The van der Waals surface area contributed by atoms with Gasteiger partial charge >= 0.3 is 5.69 Å².